The molecule has 1 saturated heterocycles. The van der Waals surface area contributed by atoms with Gasteiger partial charge in [-0.2, -0.15) is 0 Å². The van der Waals surface area contributed by atoms with Gasteiger partial charge in [0.25, 0.3) is 0 Å². The summed E-state index contributed by atoms with van der Waals surface area (Å²) in [5, 5.41) is 3.39. The van der Waals surface area contributed by atoms with E-state index in [-0.39, 0.29) is 0 Å². The van der Waals surface area contributed by atoms with E-state index in [1.165, 1.54) is 12.0 Å². The highest BCUT2D eigenvalue weighted by molar-refractivity contribution is 9.10. The second kappa shape index (κ2) is 5.06. The molecular weight excluding hydrogens is 270 g/mol. The number of ether oxygens (including phenoxy) is 2. The van der Waals surface area contributed by atoms with Crippen LogP contribution in [0.5, 0.6) is 11.5 Å². The topological polar surface area (TPSA) is 30.5 Å². The lowest BCUT2D eigenvalue weighted by Gasteiger charge is -2.28. The van der Waals surface area contributed by atoms with Crippen LogP contribution in [0.25, 0.3) is 0 Å². The van der Waals surface area contributed by atoms with E-state index < -0.39 is 0 Å². The average molecular weight is 286 g/mol. The van der Waals surface area contributed by atoms with E-state index in [2.05, 4.69) is 21.2 Å². The number of hydrogen-bond acceptors (Lipinski definition) is 3. The Bertz CT molecular complexity index is 378. The van der Waals surface area contributed by atoms with Crippen LogP contribution in [-0.4, -0.2) is 26.8 Å². The van der Waals surface area contributed by atoms with Crippen LogP contribution >= 0.6 is 15.9 Å². The van der Waals surface area contributed by atoms with Gasteiger partial charge in [0, 0.05) is 6.04 Å². The van der Waals surface area contributed by atoms with Crippen molar-refractivity contribution < 1.29 is 9.47 Å². The smallest absolute Gasteiger partial charge is 0.133 e. The number of halogens is 1. The maximum atomic E-state index is 5.38. The molecule has 0 saturated carbocycles. The molecule has 0 bridgehead atoms. The van der Waals surface area contributed by atoms with Crippen molar-refractivity contribution in [2.45, 2.75) is 18.9 Å². The number of hydrogen-bond donors (Lipinski definition) is 1. The van der Waals surface area contributed by atoms with Gasteiger partial charge in [0.05, 0.1) is 18.7 Å². The first-order valence-electron chi connectivity index (χ1n) is 5.38. The minimum absolute atomic E-state index is 0.583. The fraction of sp³-hybridized carbons (Fsp3) is 0.500. The molecule has 1 unspecified atom stereocenters. The zero-order valence-corrected chi connectivity index (χ0v) is 11.1. The zero-order chi connectivity index (χ0) is 11.5. The molecule has 0 radical (unpaired) electrons. The normalized spacial score (nSPS) is 19.1. The van der Waals surface area contributed by atoms with E-state index in [0.717, 1.165) is 28.9 Å². The Hall–Kier alpha value is -0.740. The third kappa shape index (κ3) is 2.33. The molecule has 1 aromatic rings. The average Bonchev–Trinajstić information content (AvgIpc) is 2.24. The maximum Gasteiger partial charge on any atom is 0.133 e. The van der Waals surface area contributed by atoms with Gasteiger partial charge in [0.15, 0.2) is 0 Å². The molecule has 0 aliphatic carbocycles. The Morgan fingerprint density at radius 2 is 2.00 bits per heavy atom. The predicted octanol–water partition coefficient (Wildman–Crippen LogP) is 2.37. The van der Waals surface area contributed by atoms with Gasteiger partial charge in [-0.05, 0) is 53.0 Å². The summed E-state index contributed by atoms with van der Waals surface area (Å²) < 4.78 is 11.6. The number of nitrogens with one attached hydrogen (secondary N) is 1. The van der Waals surface area contributed by atoms with Crippen LogP contribution in [0.1, 0.15) is 12.0 Å². The number of methoxy groups -OCH3 is 2. The first-order chi connectivity index (χ1) is 7.74. The van der Waals surface area contributed by atoms with Gasteiger partial charge < -0.3 is 14.8 Å². The maximum absolute atomic E-state index is 5.38. The molecule has 1 aliphatic heterocycles. The summed E-state index contributed by atoms with van der Waals surface area (Å²) >= 11 is 3.46. The molecule has 2 rings (SSSR count). The summed E-state index contributed by atoms with van der Waals surface area (Å²) in [7, 11) is 3.38. The van der Waals surface area contributed by atoms with Crippen molar-refractivity contribution in [2.75, 3.05) is 20.8 Å². The summed E-state index contributed by atoms with van der Waals surface area (Å²) in [6.07, 6.45) is 2.23. The molecule has 88 valence electrons. The van der Waals surface area contributed by atoms with Crippen molar-refractivity contribution in [3.8, 4) is 11.5 Å². The lowest BCUT2D eigenvalue weighted by atomic mass is 9.97. The quantitative estimate of drug-likeness (QED) is 0.921. The monoisotopic (exact) mass is 285 g/mol. The van der Waals surface area contributed by atoms with E-state index in [1.807, 2.05) is 12.1 Å². The molecule has 1 aromatic carbocycles. The Morgan fingerprint density at radius 1 is 1.31 bits per heavy atom. The fourth-order valence-electron chi connectivity index (χ4n) is 1.87. The van der Waals surface area contributed by atoms with Gasteiger partial charge in [-0.1, -0.05) is 0 Å². The van der Waals surface area contributed by atoms with Crippen molar-refractivity contribution in [1.29, 1.82) is 0 Å². The number of rotatable bonds is 4. The van der Waals surface area contributed by atoms with Gasteiger partial charge in [0.2, 0.25) is 0 Å². The SMILES string of the molecule is COc1cc(CC2CCN2)c(OC)cc1Br. The van der Waals surface area contributed by atoms with Crippen LogP contribution < -0.4 is 14.8 Å². The summed E-state index contributed by atoms with van der Waals surface area (Å²) in [6, 6.07) is 4.59. The van der Waals surface area contributed by atoms with Crippen LogP contribution in [0.15, 0.2) is 16.6 Å². The van der Waals surface area contributed by atoms with Gasteiger partial charge in [0.1, 0.15) is 11.5 Å². The molecule has 1 atom stereocenters. The molecule has 0 amide bonds. The summed E-state index contributed by atoms with van der Waals surface area (Å²) in [6.45, 7) is 1.13. The zero-order valence-electron chi connectivity index (χ0n) is 9.55. The van der Waals surface area contributed by atoms with Crippen molar-refractivity contribution in [3.05, 3.63) is 22.2 Å². The third-order valence-corrected chi connectivity index (χ3v) is 3.57. The van der Waals surface area contributed by atoms with E-state index >= 15 is 0 Å². The lowest BCUT2D eigenvalue weighted by Crippen LogP contribution is -2.44. The summed E-state index contributed by atoms with van der Waals surface area (Å²) in [5.41, 5.74) is 1.19. The van der Waals surface area contributed by atoms with Crippen LogP contribution in [0.2, 0.25) is 0 Å². The lowest BCUT2D eigenvalue weighted by molar-refractivity contribution is 0.356. The van der Waals surface area contributed by atoms with E-state index in [1.54, 1.807) is 14.2 Å². The molecule has 1 N–H and O–H groups in total. The third-order valence-electron chi connectivity index (χ3n) is 2.95. The van der Waals surface area contributed by atoms with Gasteiger partial charge >= 0.3 is 0 Å². The van der Waals surface area contributed by atoms with Crippen LogP contribution in [-0.2, 0) is 6.42 Å². The van der Waals surface area contributed by atoms with Crippen molar-refractivity contribution in [1.82, 2.24) is 5.32 Å². The van der Waals surface area contributed by atoms with Crippen molar-refractivity contribution in [2.24, 2.45) is 0 Å². The molecule has 3 nitrogen and oxygen atoms in total. The highest BCUT2D eigenvalue weighted by Crippen LogP contribution is 2.33. The van der Waals surface area contributed by atoms with Gasteiger partial charge in [-0.25, -0.2) is 0 Å². The van der Waals surface area contributed by atoms with Crippen LogP contribution in [0.3, 0.4) is 0 Å². The number of benzene rings is 1. The highest BCUT2D eigenvalue weighted by Gasteiger charge is 2.19. The first-order valence-corrected chi connectivity index (χ1v) is 6.17. The van der Waals surface area contributed by atoms with Gasteiger partial charge in [-0.15, -0.1) is 0 Å². The molecular formula is C12H16BrNO2. The molecule has 1 aliphatic rings. The Kier molecular flexibility index (Phi) is 3.71. The Morgan fingerprint density at radius 3 is 2.50 bits per heavy atom. The second-order valence-electron chi connectivity index (χ2n) is 3.94. The largest absolute Gasteiger partial charge is 0.496 e. The Labute approximate surface area is 104 Å². The second-order valence-corrected chi connectivity index (χ2v) is 4.80. The van der Waals surface area contributed by atoms with E-state index in [4.69, 9.17) is 9.47 Å². The van der Waals surface area contributed by atoms with Crippen molar-refractivity contribution >= 4 is 15.9 Å². The molecule has 0 aromatic heterocycles. The highest BCUT2D eigenvalue weighted by atomic mass is 79.9. The summed E-state index contributed by atoms with van der Waals surface area (Å²) in [5.74, 6) is 1.77. The minimum atomic E-state index is 0.583. The van der Waals surface area contributed by atoms with E-state index in [9.17, 15) is 0 Å². The van der Waals surface area contributed by atoms with Gasteiger partial charge in [-0.3, -0.25) is 0 Å². The standard InChI is InChI=1S/C12H16BrNO2/c1-15-11-7-10(13)12(16-2)6-8(11)5-9-3-4-14-9/h6-7,9,14H,3-5H2,1-2H3. The van der Waals surface area contributed by atoms with E-state index in [0.29, 0.717) is 6.04 Å². The predicted molar refractivity (Wildman–Crippen MR) is 67.4 cm³/mol. The summed E-state index contributed by atoms with van der Waals surface area (Å²) in [4.78, 5) is 0. The Balaban J connectivity index is 2.25. The first kappa shape index (κ1) is 11.7. The molecule has 1 heterocycles. The molecule has 0 spiro atoms. The van der Waals surface area contributed by atoms with Crippen molar-refractivity contribution in [3.63, 3.8) is 0 Å². The molecule has 16 heavy (non-hydrogen) atoms. The minimum Gasteiger partial charge on any atom is -0.496 e. The van der Waals surface area contributed by atoms with Crippen LogP contribution in [0.4, 0.5) is 0 Å². The fourth-order valence-corrected chi connectivity index (χ4v) is 2.36. The van der Waals surface area contributed by atoms with Crippen LogP contribution in [0, 0.1) is 0 Å². The molecule has 4 heteroatoms. The molecule has 1 fully saturated rings.